The normalized spacial score (nSPS) is 19.8. The Balaban J connectivity index is 1.51. The van der Waals surface area contributed by atoms with Gasteiger partial charge >= 0.3 is 0 Å². The maximum absolute atomic E-state index is 13.4. The molecular weight excluding hydrogens is 492 g/mol. The zero-order valence-electron chi connectivity index (χ0n) is 22.9. The molecule has 2 fully saturated rings. The Morgan fingerprint density at radius 2 is 1.67 bits per heavy atom. The van der Waals surface area contributed by atoms with Crippen molar-refractivity contribution >= 4 is 28.2 Å². The first-order chi connectivity index (χ1) is 18.9. The maximum atomic E-state index is 13.4. The first-order valence-electron chi connectivity index (χ1n) is 13.6. The molecule has 0 aliphatic carbocycles. The van der Waals surface area contributed by atoms with Gasteiger partial charge in [0.1, 0.15) is 11.5 Å². The van der Waals surface area contributed by atoms with Crippen LogP contribution in [0.5, 0.6) is 5.75 Å². The van der Waals surface area contributed by atoms with Crippen molar-refractivity contribution in [3.05, 3.63) is 82.9 Å². The van der Waals surface area contributed by atoms with Crippen LogP contribution in [-0.2, 0) is 14.3 Å². The van der Waals surface area contributed by atoms with Gasteiger partial charge in [0.25, 0.3) is 11.7 Å². The van der Waals surface area contributed by atoms with E-state index in [0.717, 1.165) is 48.1 Å². The molecule has 3 aromatic rings. The van der Waals surface area contributed by atoms with Gasteiger partial charge in [-0.1, -0.05) is 56.3 Å². The number of fused-ring (bicyclic) bond motifs is 1. The summed E-state index contributed by atoms with van der Waals surface area (Å²) in [7, 11) is 1.62. The van der Waals surface area contributed by atoms with Crippen LogP contribution < -0.4 is 4.74 Å². The number of nitrogens with zero attached hydrogens (tertiary/aromatic N) is 2. The Morgan fingerprint density at radius 1 is 0.974 bits per heavy atom. The van der Waals surface area contributed by atoms with E-state index in [4.69, 9.17) is 9.47 Å². The topological polar surface area (TPSA) is 79.3 Å². The highest BCUT2D eigenvalue weighted by atomic mass is 16.5. The zero-order valence-corrected chi connectivity index (χ0v) is 22.9. The van der Waals surface area contributed by atoms with E-state index in [9.17, 15) is 14.7 Å². The van der Waals surface area contributed by atoms with Crippen molar-refractivity contribution in [2.45, 2.75) is 32.2 Å². The monoisotopic (exact) mass is 528 g/mol. The van der Waals surface area contributed by atoms with Crippen LogP contribution in [0.3, 0.4) is 0 Å². The van der Waals surface area contributed by atoms with Gasteiger partial charge in [-0.05, 0) is 52.4 Å². The molecule has 1 atom stereocenters. The Labute approximate surface area is 229 Å². The average Bonchev–Trinajstić information content (AvgIpc) is 3.21. The number of ether oxygens (including phenoxy) is 2. The van der Waals surface area contributed by atoms with E-state index >= 15 is 0 Å². The van der Waals surface area contributed by atoms with Crippen molar-refractivity contribution in [1.29, 1.82) is 0 Å². The Morgan fingerprint density at radius 3 is 2.36 bits per heavy atom. The molecule has 0 bridgehead atoms. The number of hydrogen-bond donors (Lipinski definition) is 1. The second-order valence-electron chi connectivity index (χ2n) is 10.5. The lowest BCUT2D eigenvalue weighted by atomic mass is 9.92. The third kappa shape index (κ3) is 5.56. The third-order valence-corrected chi connectivity index (χ3v) is 7.76. The molecule has 3 aromatic carbocycles. The number of rotatable bonds is 8. The van der Waals surface area contributed by atoms with Gasteiger partial charge in [-0.2, -0.15) is 0 Å². The number of Topliss-reactive ketones (excluding diaryl/α,β-unsaturated/α-hetero) is 1. The van der Waals surface area contributed by atoms with Crippen LogP contribution in [0.15, 0.2) is 66.2 Å². The summed E-state index contributed by atoms with van der Waals surface area (Å²) < 4.78 is 10.8. The van der Waals surface area contributed by atoms with Gasteiger partial charge in [-0.15, -0.1) is 0 Å². The van der Waals surface area contributed by atoms with Gasteiger partial charge in [0.05, 0.1) is 31.9 Å². The van der Waals surface area contributed by atoms with Crippen LogP contribution in [0.25, 0.3) is 16.5 Å². The van der Waals surface area contributed by atoms with Crippen LogP contribution in [0.4, 0.5) is 0 Å². The number of likely N-dealkylation sites (tertiary alicyclic amines) is 1. The number of aliphatic hydroxyl groups is 1. The second-order valence-corrected chi connectivity index (χ2v) is 10.5. The zero-order chi connectivity index (χ0) is 27.5. The summed E-state index contributed by atoms with van der Waals surface area (Å²) in [6.07, 6.45) is 0.728. The maximum Gasteiger partial charge on any atom is 0.295 e. The molecule has 0 radical (unpaired) electrons. The molecule has 0 spiro atoms. The fourth-order valence-corrected chi connectivity index (χ4v) is 5.46. The fraction of sp³-hybridized carbons (Fsp3) is 0.375. The van der Waals surface area contributed by atoms with Crippen LogP contribution in [0.2, 0.25) is 0 Å². The van der Waals surface area contributed by atoms with Crippen molar-refractivity contribution in [2.75, 3.05) is 46.5 Å². The molecule has 7 nitrogen and oxygen atoms in total. The molecule has 2 saturated heterocycles. The SMILES string of the molecule is COc1ccc2cc(/C(O)=C3\C(=O)C(=O)N(CCCN4CCOCC4)C3c3ccc(C(C)C)cc3)ccc2c1. The van der Waals surface area contributed by atoms with E-state index in [1.165, 1.54) is 5.56 Å². The molecule has 2 heterocycles. The van der Waals surface area contributed by atoms with Crippen molar-refractivity contribution in [1.82, 2.24) is 9.80 Å². The van der Waals surface area contributed by atoms with Gasteiger partial charge in [0, 0.05) is 31.7 Å². The number of ketones is 1. The molecule has 2 aliphatic heterocycles. The van der Waals surface area contributed by atoms with Crippen molar-refractivity contribution in [2.24, 2.45) is 0 Å². The number of carbonyl (C=O) groups is 2. The van der Waals surface area contributed by atoms with E-state index in [0.29, 0.717) is 31.2 Å². The number of amides is 1. The summed E-state index contributed by atoms with van der Waals surface area (Å²) in [6.45, 7) is 8.66. The molecule has 1 unspecified atom stereocenters. The van der Waals surface area contributed by atoms with Gasteiger partial charge in [0.15, 0.2) is 0 Å². The standard InChI is InChI=1S/C32H36N2O5/c1-21(2)22-5-7-23(8-6-22)29-28(30(35)26-10-9-25-20-27(38-3)12-11-24(25)19-26)31(36)32(37)34(29)14-4-13-33-15-17-39-18-16-33/h5-12,19-21,29,35H,4,13-18H2,1-3H3/b30-28+. The first kappa shape index (κ1) is 26.9. The number of hydrogen-bond acceptors (Lipinski definition) is 6. The number of benzene rings is 3. The second kappa shape index (κ2) is 11.6. The third-order valence-electron chi connectivity index (χ3n) is 7.76. The number of methoxy groups -OCH3 is 1. The molecule has 0 aromatic heterocycles. The molecule has 204 valence electrons. The summed E-state index contributed by atoms with van der Waals surface area (Å²) in [5.74, 6) is -0.268. The minimum Gasteiger partial charge on any atom is -0.507 e. The predicted octanol–water partition coefficient (Wildman–Crippen LogP) is 5.12. The van der Waals surface area contributed by atoms with Crippen molar-refractivity contribution in [3.8, 4) is 5.75 Å². The Hall–Kier alpha value is -3.68. The molecule has 1 amide bonds. The number of carbonyl (C=O) groups excluding carboxylic acids is 2. The lowest BCUT2D eigenvalue weighted by Crippen LogP contribution is -2.38. The van der Waals surface area contributed by atoms with Gasteiger partial charge in [-0.25, -0.2) is 0 Å². The quantitative estimate of drug-likeness (QED) is 0.249. The van der Waals surface area contributed by atoms with E-state index in [1.54, 1.807) is 18.1 Å². The van der Waals surface area contributed by atoms with E-state index in [2.05, 4.69) is 18.7 Å². The van der Waals surface area contributed by atoms with Crippen molar-refractivity contribution in [3.63, 3.8) is 0 Å². The predicted molar refractivity (Wildman–Crippen MR) is 152 cm³/mol. The van der Waals surface area contributed by atoms with Crippen LogP contribution in [-0.4, -0.2) is 73.1 Å². The average molecular weight is 529 g/mol. The molecule has 7 heteroatoms. The summed E-state index contributed by atoms with van der Waals surface area (Å²) in [6, 6.07) is 18.6. The molecule has 0 saturated carbocycles. The number of aliphatic hydroxyl groups excluding tert-OH is 1. The highest BCUT2D eigenvalue weighted by molar-refractivity contribution is 6.46. The summed E-state index contributed by atoms with van der Waals surface area (Å²) in [5, 5.41) is 13.4. The summed E-state index contributed by atoms with van der Waals surface area (Å²) >= 11 is 0. The molecule has 2 aliphatic rings. The van der Waals surface area contributed by atoms with Gasteiger partial charge in [-0.3, -0.25) is 14.5 Å². The van der Waals surface area contributed by atoms with Crippen LogP contribution >= 0.6 is 0 Å². The van der Waals surface area contributed by atoms with Crippen molar-refractivity contribution < 1.29 is 24.2 Å². The van der Waals surface area contributed by atoms with Gasteiger partial charge in [0.2, 0.25) is 0 Å². The van der Waals surface area contributed by atoms with Gasteiger partial charge < -0.3 is 19.5 Å². The number of morpholine rings is 1. The minimum atomic E-state index is -0.650. The van der Waals surface area contributed by atoms with E-state index < -0.39 is 17.7 Å². The largest absolute Gasteiger partial charge is 0.507 e. The summed E-state index contributed by atoms with van der Waals surface area (Å²) in [5.41, 5.74) is 2.63. The molecule has 39 heavy (non-hydrogen) atoms. The van der Waals surface area contributed by atoms with Crippen LogP contribution in [0.1, 0.15) is 48.9 Å². The first-order valence-corrected chi connectivity index (χ1v) is 13.6. The van der Waals surface area contributed by atoms with Crippen LogP contribution in [0, 0.1) is 0 Å². The smallest absolute Gasteiger partial charge is 0.295 e. The highest BCUT2D eigenvalue weighted by Crippen LogP contribution is 2.40. The van der Waals surface area contributed by atoms with E-state index in [1.807, 2.05) is 54.6 Å². The Bertz CT molecular complexity index is 1390. The summed E-state index contributed by atoms with van der Waals surface area (Å²) in [4.78, 5) is 30.8. The highest BCUT2D eigenvalue weighted by Gasteiger charge is 2.45. The van der Waals surface area contributed by atoms with E-state index in [-0.39, 0.29) is 11.3 Å². The molecule has 5 rings (SSSR count). The fourth-order valence-electron chi connectivity index (χ4n) is 5.46. The lowest BCUT2D eigenvalue weighted by Gasteiger charge is -2.29. The molecule has 1 N–H and O–H groups in total. The Kier molecular flexibility index (Phi) is 8.00. The lowest BCUT2D eigenvalue weighted by molar-refractivity contribution is -0.140. The molecular formula is C32H36N2O5. The minimum absolute atomic E-state index is 0.136.